The number of ether oxygens (including phenoxy) is 1. The van der Waals surface area contributed by atoms with Gasteiger partial charge >= 0.3 is 0 Å². The third kappa shape index (κ3) is 3.18. The van der Waals surface area contributed by atoms with E-state index in [1.54, 1.807) is 11.8 Å². The van der Waals surface area contributed by atoms with Gasteiger partial charge in [0.1, 0.15) is 11.6 Å². The van der Waals surface area contributed by atoms with Crippen molar-refractivity contribution in [3.05, 3.63) is 35.4 Å². The Kier molecular flexibility index (Phi) is 4.36. The summed E-state index contributed by atoms with van der Waals surface area (Å²) in [5.74, 6) is 0.328. The summed E-state index contributed by atoms with van der Waals surface area (Å²) in [5, 5.41) is 9.90. The van der Waals surface area contributed by atoms with Crippen LogP contribution in [0, 0.1) is 11.6 Å². The first kappa shape index (κ1) is 12.8. The first-order valence-corrected chi connectivity index (χ1v) is 6.64. The zero-order valence-electron chi connectivity index (χ0n) is 9.23. The van der Waals surface area contributed by atoms with Gasteiger partial charge in [0.2, 0.25) is 0 Å². The van der Waals surface area contributed by atoms with Gasteiger partial charge in [0.05, 0.1) is 18.8 Å². The first-order valence-electron chi connectivity index (χ1n) is 5.49. The Morgan fingerprint density at radius 2 is 2.12 bits per heavy atom. The minimum atomic E-state index is -0.866. The molecule has 1 aliphatic rings. The molecule has 1 aromatic carbocycles. The number of thioether (sulfide) groups is 1. The fraction of sp³-hybridized carbons (Fsp3) is 0.500. The number of hydrogen-bond acceptors (Lipinski definition) is 3. The van der Waals surface area contributed by atoms with Gasteiger partial charge in [-0.25, -0.2) is 8.78 Å². The first-order chi connectivity index (χ1) is 8.18. The zero-order valence-corrected chi connectivity index (χ0v) is 10.1. The lowest BCUT2D eigenvalue weighted by atomic mass is 10.0. The number of halogens is 2. The molecule has 1 saturated heterocycles. The fourth-order valence-electron chi connectivity index (χ4n) is 1.80. The molecule has 1 N–H and O–H groups in total. The van der Waals surface area contributed by atoms with Crippen molar-refractivity contribution in [3.8, 4) is 0 Å². The number of hydrogen-bond donors (Lipinski definition) is 1. The molecule has 0 spiro atoms. The summed E-state index contributed by atoms with van der Waals surface area (Å²) < 4.78 is 32.1. The van der Waals surface area contributed by atoms with Crippen LogP contribution in [-0.2, 0) is 11.2 Å². The van der Waals surface area contributed by atoms with Crippen molar-refractivity contribution >= 4 is 11.8 Å². The molecule has 2 rings (SSSR count). The topological polar surface area (TPSA) is 29.5 Å². The van der Waals surface area contributed by atoms with Gasteiger partial charge in [0.15, 0.2) is 0 Å². The van der Waals surface area contributed by atoms with Crippen LogP contribution >= 0.6 is 11.8 Å². The van der Waals surface area contributed by atoms with E-state index in [1.165, 1.54) is 18.2 Å². The van der Waals surface area contributed by atoms with Gasteiger partial charge in [0.25, 0.3) is 0 Å². The summed E-state index contributed by atoms with van der Waals surface area (Å²) >= 11 is 1.68. The van der Waals surface area contributed by atoms with Gasteiger partial charge < -0.3 is 9.84 Å². The minimum Gasteiger partial charge on any atom is -0.390 e. The molecule has 1 fully saturated rings. The molecule has 1 aliphatic heterocycles. The Bertz CT molecular complexity index is 361. The largest absolute Gasteiger partial charge is 0.390 e. The maximum absolute atomic E-state index is 13.4. The lowest BCUT2D eigenvalue weighted by Crippen LogP contribution is -2.36. The summed E-state index contributed by atoms with van der Waals surface area (Å²) in [4.78, 5) is 0. The van der Waals surface area contributed by atoms with Crippen molar-refractivity contribution in [2.75, 3.05) is 18.1 Å². The van der Waals surface area contributed by atoms with Gasteiger partial charge in [-0.1, -0.05) is 6.07 Å². The third-order valence-corrected chi connectivity index (χ3v) is 3.77. The predicted octanol–water partition coefficient (Wildman–Crippen LogP) is 2.00. The monoisotopic (exact) mass is 260 g/mol. The van der Waals surface area contributed by atoms with Crippen molar-refractivity contribution in [2.45, 2.75) is 18.6 Å². The summed E-state index contributed by atoms with van der Waals surface area (Å²) in [6.45, 7) is 0.576. The van der Waals surface area contributed by atoms with Crippen LogP contribution < -0.4 is 0 Å². The normalized spacial score (nSPS) is 22.4. The van der Waals surface area contributed by atoms with Gasteiger partial charge in [-0.3, -0.25) is 0 Å². The Balaban J connectivity index is 2.04. The van der Waals surface area contributed by atoms with Crippen LogP contribution in [0.3, 0.4) is 0 Å². The van der Waals surface area contributed by atoms with Crippen molar-refractivity contribution in [2.24, 2.45) is 0 Å². The lowest BCUT2D eigenvalue weighted by molar-refractivity contribution is -0.0214. The average Bonchev–Trinajstić information content (AvgIpc) is 2.35. The Hall–Kier alpha value is -0.650. The summed E-state index contributed by atoms with van der Waals surface area (Å²) in [7, 11) is 0. The van der Waals surface area contributed by atoms with Crippen LogP contribution in [-0.4, -0.2) is 35.4 Å². The molecule has 0 bridgehead atoms. The molecule has 2 atom stereocenters. The highest BCUT2D eigenvalue weighted by Gasteiger charge is 2.25. The van der Waals surface area contributed by atoms with E-state index < -0.39 is 17.7 Å². The fourth-order valence-corrected chi connectivity index (χ4v) is 2.73. The van der Waals surface area contributed by atoms with Crippen molar-refractivity contribution in [1.29, 1.82) is 0 Å². The SMILES string of the molecule is OC(Cc1c(F)cccc1F)C1CSCCO1. The van der Waals surface area contributed by atoms with E-state index in [4.69, 9.17) is 4.74 Å². The molecule has 5 heteroatoms. The molecule has 1 aromatic rings. The summed E-state index contributed by atoms with van der Waals surface area (Å²) in [5.41, 5.74) is -0.0702. The van der Waals surface area contributed by atoms with Crippen LogP contribution in [0.5, 0.6) is 0 Å². The highest BCUT2D eigenvalue weighted by molar-refractivity contribution is 7.99. The van der Waals surface area contributed by atoms with E-state index >= 15 is 0 Å². The van der Waals surface area contributed by atoms with Crippen molar-refractivity contribution in [1.82, 2.24) is 0 Å². The molecule has 0 radical (unpaired) electrons. The number of aliphatic hydroxyl groups excluding tert-OH is 1. The molecular weight excluding hydrogens is 246 g/mol. The van der Waals surface area contributed by atoms with Crippen LogP contribution in [0.2, 0.25) is 0 Å². The Morgan fingerprint density at radius 1 is 1.41 bits per heavy atom. The summed E-state index contributed by atoms with van der Waals surface area (Å²) in [6, 6.07) is 3.71. The maximum atomic E-state index is 13.4. The molecule has 0 aromatic heterocycles. The third-order valence-electron chi connectivity index (χ3n) is 2.75. The number of benzene rings is 1. The second-order valence-electron chi connectivity index (χ2n) is 3.96. The van der Waals surface area contributed by atoms with Crippen LogP contribution in [0.25, 0.3) is 0 Å². The van der Waals surface area contributed by atoms with Crippen LogP contribution in [0.15, 0.2) is 18.2 Å². The Labute approximate surface area is 103 Å². The smallest absolute Gasteiger partial charge is 0.129 e. The molecule has 2 nitrogen and oxygen atoms in total. The number of rotatable bonds is 3. The van der Waals surface area contributed by atoms with E-state index in [0.29, 0.717) is 12.4 Å². The second kappa shape index (κ2) is 5.80. The number of aliphatic hydroxyl groups is 1. The summed E-state index contributed by atoms with van der Waals surface area (Å²) in [6.07, 6.45) is -1.26. The van der Waals surface area contributed by atoms with Gasteiger partial charge in [-0.2, -0.15) is 11.8 Å². The standard InChI is InChI=1S/C12H14F2O2S/c13-9-2-1-3-10(14)8(9)6-11(15)12-7-17-5-4-16-12/h1-3,11-12,15H,4-7H2. The van der Waals surface area contributed by atoms with E-state index in [9.17, 15) is 13.9 Å². The Morgan fingerprint density at radius 3 is 2.71 bits per heavy atom. The molecule has 0 amide bonds. The average molecular weight is 260 g/mol. The second-order valence-corrected chi connectivity index (χ2v) is 5.11. The molecule has 94 valence electrons. The van der Waals surface area contributed by atoms with Crippen LogP contribution in [0.4, 0.5) is 8.78 Å². The van der Waals surface area contributed by atoms with Gasteiger partial charge in [0, 0.05) is 23.5 Å². The predicted molar refractivity (Wildman–Crippen MR) is 63.1 cm³/mol. The quantitative estimate of drug-likeness (QED) is 0.901. The van der Waals surface area contributed by atoms with Crippen molar-refractivity contribution in [3.63, 3.8) is 0 Å². The molecular formula is C12H14F2O2S. The van der Waals surface area contributed by atoms with Gasteiger partial charge in [-0.05, 0) is 12.1 Å². The van der Waals surface area contributed by atoms with Crippen LogP contribution in [0.1, 0.15) is 5.56 Å². The molecule has 0 saturated carbocycles. The lowest BCUT2D eigenvalue weighted by Gasteiger charge is -2.26. The van der Waals surface area contributed by atoms with E-state index in [-0.39, 0.29) is 18.1 Å². The minimum absolute atomic E-state index is 0.0519. The van der Waals surface area contributed by atoms with E-state index in [0.717, 1.165) is 5.75 Å². The zero-order chi connectivity index (χ0) is 12.3. The molecule has 17 heavy (non-hydrogen) atoms. The van der Waals surface area contributed by atoms with Gasteiger partial charge in [-0.15, -0.1) is 0 Å². The molecule has 2 unspecified atom stereocenters. The highest BCUT2D eigenvalue weighted by atomic mass is 32.2. The van der Waals surface area contributed by atoms with E-state index in [2.05, 4.69) is 0 Å². The highest BCUT2D eigenvalue weighted by Crippen LogP contribution is 2.20. The van der Waals surface area contributed by atoms with Crippen molar-refractivity contribution < 1.29 is 18.6 Å². The maximum Gasteiger partial charge on any atom is 0.129 e. The van der Waals surface area contributed by atoms with E-state index in [1.807, 2.05) is 0 Å². The molecule has 0 aliphatic carbocycles. The molecule has 1 heterocycles.